The van der Waals surface area contributed by atoms with E-state index in [4.69, 9.17) is 0 Å². The van der Waals surface area contributed by atoms with E-state index in [1.165, 1.54) is 0 Å². The fraction of sp³-hybridized carbons (Fsp3) is 0. The Morgan fingerprint density at radius 1 is 0.458 bits per heavy atom. The molecule has 122 valence electrons. The first-order chi connectivity index (χ1) is 10.9. The molecular weight excluding hydrogens is 376 g/mol. The molecule has 0 N–H and O–H groups in total. The van der Waals surface area contributed by atoms with Crippen molar-refractivity contribution in [1.29, 1.82) is 0 Å². The quantitative estimate of drug-likeness (QED) is 0.215. The zero-order valence-corrected chi connectivity index (χ0v) is 15.3. The fourth-order valence-electron chi connectivity index (χ4n) is 1.70. The van der Waals surface area contributed by atoms with E-state index in [1.54, 1.807) is 0 Å². The summed E-state index contributed by atoms with van der Waals surface area (Å²) in [7, 11) is 0. The van der Waals surface area contributed by atoms with E-state index >= 15 is 0 Å². The van der Waals surface area contributed by atoms with Crippen LogP contribution in [0, 0.1) is 11.8 Å². The Kier molecular flexibility index (Phi) is 13.4. The molecule has 0 aliphatic rings. The maximum Gasteiger partial charge on any atom is 2.00 e. The number of hydrogen-bond donors (Lipinski definition) is 0. The van der Waals surface area contributed by atoms with E-state index in [0.717, 1.165) is 11.1 Å². The van der Waals surface area contributed by atoms with Crippen LogP contribution in [-0.2, 0) is 34.1 Å². The van der Waals surface area contributed by atoms with Crippen molar-refractivity contribution < 1.29 is 34.1 Å². The zero-order valence-electron chi connectivity index (χ0n) is 13.1. The third-order valence-electron chi connectivity index (χ3n) is 2.79. The van der Waals surface area contributed by atoms with Crippen LogP contribution in [0.15, 0.2) is 109 Å². The maximum atomic E-state index is 3.08. The van der Waals surface area contributed by atoms with Crippen molar-refractivity contribution >= 4 is 0 Å². The molecule has 0 atom stereocenters. The standard InChI is InChI=1S/C12H8.2C5H5.2Fe/c1-2-6-11(5-1)9-10-12-7-3-4-8-12;2*1-2-4-5-3-1;;/h1-8H;2*1-5H;;/q-2;2*-1;2*+2. The first-order valence-corrected chi connectivity index (χ1v) is 7.24. The molecule has 0 aliphatic carbocycles. The number of rotatable bonds is 0. The smallest absolute Gasteiger partial charge is 0.287 e. The van der Waals surface area contributed by atoms with Gasteiger partial charge in [0.05, 0.1) is 0 Å². The Morgan fingerprint density at radius 2 is 0.750 bits per heavy atom. The van der Waals surface area contributed by atoms with Gasteiger partial charge in [0.2, 0.25) is 0 Å². The molecule has 0 saturated carbocycles. The molecule has 0 unspecified atom stereocenters. The van der Waals surface area contributed by atoms with Crippen molar-refractivity contribution in [1.82, 2.24) is 0 Å². The fourth-order valence-corrected chi connectivity index (χ4v) is 1.70. The summed E-state index contributed by atoms with van der Waals surface area (Å²) in [4.78, 5) is 0. The van der Waals surface area contributed by atoms with Gasteiger partial charge in [0.25, 0.3) is 0 Å². The van der Waals surface area contributed by atoms with Crippen LogP contribution in [-0.4, -0.2) is 0 Å². The van der Waals surface area contributed by atoms with Crippen LogP contribution in [0.3, 0.4) is 0 Å². The Morgan fingerprint density at radius 3 is 0.958 bits per heavy atom. The molecule has 0 saturated heterocycles. The Balaban J connectivity index is 0.000000370. The molecule has 0 bridgehead atoms. The van der Waals surface area contributed by atoms with Crippen molar-refractivity contribution in [2.24, 2.45) is 0 Å². The Hall–Kier alpha value is -2.00. The molecular formula is C22H18Fe2. The summed E-state index contributed by atoms with van der Waals surface area (Å²) in [6.07, 6.45) is 0. The van der Waals surface area contributed by atoms with Crippen LogP contribution in [0.1, 0.15) is 11.1 Å². The van der Waals surface area contributed by atoms with Gasteiger partial charge in [0, 0.05) is 0 Å². The van der Waals surface area contributed by atoms with Crippen LogP contribution in [0.5, 0.6) is 0 Å². The van der Waals surface area contributed by atoms with Crippen LogP contribution >= 0.6 is 0 Å². The summed E-state index contributed by atoms with van der Waals surface area (Å²) in [5, 5.41) is 0. The third-order valence-corrected chi connectivity index (χ3v) is 2.79. The van der Waals surface area contributed by atoms with Crippen molar-refractivity contribution in [3.63, 3.8) is 0 Å². The van der Waals surface area contributed by atoms with Gasteiger partial charge in [-0.2, -0.15) is 60.7 Å². The van der Waals surface area contributed by atoms with E-state index in [1.807, 2.05) is 109 Å². The molecule has 2 heteroatoms. The molecule has 4 aromatic rings. The molecule has 0 aromatic heterocycles. The maximum absolute atomic E-state index is 3.08. The summed E-state index contributed by atoms with van der Waals surface area (Å²) in [5.41, 5.74) is 2.16. The van der Waals surface area contributed by atoms with Crippen LogP contribution in [0.4, 0.5) is 0 Å². The molecule has 0 fully saturated rings. The molecule has 0 spiro atoms. The molecule has 4 rings (SSSR count). The van der Waals surface area contributed by atoms with Gasteiger partial charge in [-0.1, -0.05) is 0 Å². The molecule has 0 radical (unpaired) electrons. The topological polar surface area (TPSA) is 0 Å². The predicted molar refractivity (Wildman–Crippen MR) is 94.1 cm³/mol. The summed E-state index contributed by atoms with van der Waals surface area (Å²) < 4.78 is 0. The Bertz CT molecular complexity index is 618. The van der Waals surface area contributed by atoms with Gasteiger partial charge in [0.15, 0.2) is 0 Å². The minimum atomic E-state index is 0. The van der Waals surface area contributed by atoms with E-state index in [2.05, 4.69) is 11.8 Å². The minimum Gasteiger partial charge on any atom is -0.287 e. The second-order valence-corrected chi connectivity index (χ2v) is 4.52. The van der Waals surface area contributed by atoms with E-state index in [0.29, 0.717) is 0 Å². The van der Waals surface area contributed by atoms with Gasteiger partial charge < -0.3 is 0 Å². The molecule has 24 heavy (non-hydrogen) atoms. The van der Waals surface area contributed by atoms with Gasteiger partial charge in [-0.25, -0.2) is 24.3 Å². The summed E-state index contributed by atoms with van der Waals surface area (Å²) in [6.45, 7) is 0. The second kappa shape index (κ2) is 14.6. The monoisotopic (exact) mass is 394 g/mol. The van der Waals surface area contributed by atoms with Crippen LogP contribution in [0.2, 0.25) is 0 Å². The van der Waals surface area contributed by atoms with E-state index in [-0.39, 0.29) is 34.1 Å². The SMILES string of the molecule is C(#C[c-]1cccc1)[c-]1cccc1.[Fe+2].[Fe+2].c1cc[cH-]c1.c1cc[cH-]c1. The van der Waals surface area contributed by atoms with Gasteiger partial charge in [-0.05, 0) is 0 Å². The van der Waals surface area contributed by atoms with E-state index < -0.39 is 0 Å². The summed E-state index contributed by atoms with van der Waals surface area (Å²) in [6, 6.07) is 36.0. The van der Waals surface area contributed by atoms with Crippen molar-refractivity contribution in [3.05, 3.63) is 120 Å². The first kappa shape index (κ1) is 22.0. The van der Waals surface area contributed by atoms with Gasteiger partial charge >= 0.3 is 34.1 Å². The molecule has 4 aromatic carbocycles. The molecule has 0 heterocycles. The first-order valence-electron chi connectivity index (χ1n) is 7.24. The Labute approximate surface area is 165 Å². The number of hydrogen-bond acceptors (Lipinski definition) is 0. The van der Waals surface area contributed by atoms with Crippen molar-refractivity contribution in [3.8, 4) is 11.8 Å². The normalized spacial score (nSPS) is 7.83. The van der Waals surface area contributed by atoms with Crippen LogP contribution < -0.4 is 0 Å². The van der Waals surface area contributed by atoms with Crippen LogP contribution in [0.25, 0.3) is 0 Å². The third kappa shape index (κ3) is 9.90. The second-order valence-electron chi connectivity index (χ2n) is 4.52. The summed E-state index contributed by atoms with van der Waals surface area (Å²) in [5.74, 6) is 6.15. The summed E-state index contributed by atoms with van der Waals surface area (Å²) >= 11 is 0. The average molecular weight is 394 g/mol. The largest absolute Gasteiger partial charge is 2.00 e. The van der Waals surface area contributed by atoms with Crippen molar-refractivity contribution in [2.75, 3.05) is 0 Å². The van der Waals surface area contributed by atoms with E-state index in [9.17, 15) is 0 Å². The average Bonchev–Trinajstić information content (AvgIpc) is 3.41. The molecule has 0 nitrogen and oxygen atoms in total. The van der Waals surface area contributed by atoms with Crippen molar-refractivity contribution in [2.45, 2.75) is 0 Å². The van der Waals surface area contributed by atoms with Gasteiger partial charge in [-0.3, -0.25) is 11.8 Å². The molecule has 0 aliphatic heterocycles. The molecule has 0 amide bonds. The predicted octanol–water partition coefficient (Wildman–Crippen LogP) is 5.33. The van der Waals surface area contributed by atoms with Gasteiger partial charge in [-0.15, -0.1) is 35.4 Å². The zero-order chi connectivity index (χ0) is 15.3. The van der Waals surface area contributed by atoms with Gasteiger partial charge in [0.1, 0.15) is 0 Å². The minimum absolute atomic E-state index is 0.